The van der Waals surface area contributed by atoms with E-state index in [1.54, 1.807) is 7.11 Å². The quantitative estimate of drug-likeness (QED) is 0.597. The van der Waals surface area contributed by atoms with E-state index in [9.17, 15) is 0 Å². The lowest BCUT2D eigenvalue weighted by atomic mass is 9.90. The van der Waals surface area contributed by atoms with Crippen LogP contribution < -0.4 is 10.1 Å². The van der Waals surface area contributed by atoms with Crippen LogP contribution in [0, 0.1) is 5.92 Å². The molecule has 0 unspecified atom stereocenters. The van der Waals surface area contributed by atoms with Crippen LogP contribution in [0.5, 0.6) is 5.75 Å². The van der Waals surface area contributed by atoms with Gasteiger partial charge in [-0.05, 0) is 81.1 Å². The van der Waals surface area contributed by atoms with Crippen LogP contribution in [0.1, 0.15) is 24.8 Å². The number of rotatable bonds is 8. The number of hydrogen-bond acceptors (Lipinski definition) is 3. The number of methoxy groups -OCH3 is 1. The number of halogens is 2. The molecule has 1 heterocycles. The average Bonchev–Trinajstić information content (AvgIpc) is 2.68. The fourth-order valence-corrected chi connectivity index (χ4v) is 3.61. The van der Waals surface area contributed by atoms with Crippen LogP contribution in [0.2, 0.25) is 0 Å². The molecule has 1 fully saturated rings. The van der Waals surface area contributed by atoms with Gasteiger partial charge in [-0.15, -0.1) is 24.8 Å². The van der Waals surface area contributed by atoms with Gasteiger partial charge in [-0.25, -0.2) is 0 Å². The summed E-state index contributed by atoms with van der Waals surface area (Å²) in [6.45, 7) is 4.72. The van der Waals surface area contributed by atoms with E-state index >= 15 is 0 Å². The summed E-state index contributed by atoms with van der Waals surface area (Å²) in [5.41, 5.74) is 2.66. The van der Waals surface area contributed by atoms with Gasteiger partial charge >= 0.3 is 0 Å². The number of nitrogens with zero attached hydrogens (tertiary/aromatic N) is 1. The van der Waals surface area contributed by atoms with Gasteiger partial charge in [0.25, 0.3) is 0 Å². The first-order valence-corrected chi connectivity index (χ1v) is 9.47. The van der Waals surface area contributed by atoms with Crippen LogP contribution in [-0.2, 0) is 6.42 Å². The van der Waals surface area contributed by atoms with Crippen molar-refractivity contribution < 1.29 is 4.74 Å². The van der Waals surface area contributed by atoms with E-state index in [1.807, 2.05) is 12.1 Å². The maximum atomic E-state index is 5.19. The zero-order valence-electron chi connectivity index (χ0n) is 16.1. The fourth-order valence-electron chi connectivity index (χ4n) is 3.61. The van der Waals surface area contributed by atoms with Crippen molar-refractivity contribution in [3.63, 3.8) is 0 Å². The number of likely N-dealkylation sites (tertiary alicyclic amines) is 1. The molecule has 2 aromatic rings. The lowest BCUT2D eigenvalue weighted by molar-refractivity contribution is 0.183. The van der Waals surface area contributed by atoms with Gasteiger partial charge in [-0.1, -0.05) is 30.3 Å². The van der Waals surface area contributed by atoms with E-state index in [0.29, 0.717) is 0 Å². The van der Waals surface area contributed by atoms with Crippen LogP contribution in [-0.4, -0.2) is 38.2 Å². The molecule has 0 saturated carbocycles. The zero-order chi connectivity index (χ0) is 17.3. The minimum Gasteiger partial charge on any atom is -0.497 e. The summed E-state index contributed by atoms with van der Waals surface area (Å²) in [5.74, 6) is 1.76. The Hall–Kier alpha value is -1.42. The molecule has 0 bridgehead atoms. The minimum absolute atomic E-state index is 0. The summed E-state index contributed by atoms with van der Waals surface area (Å²) in [6.07, 6.45) is 5.10. The molecule has 150 valence electrons. The maximum Gasteiger partial charge on any atom is 0.119 e. The molecular formula is C22H32Cl2N2O. The Kier molecular flexibility index (Phi) is 11.3. The zero-order valence-corrected chi connectivity index (χ0v) is 17.7. The summed E-state index contributed by atoms with van der Waals surface area (Å²) < 4.78 is 5.19. The van der Waals surface area contributed by atoms with Crippen molar-refractivity contribution in [2.45, 2.75) is 25.7 Å². The largest absolute Gasteiger partial charge is 0.497 e. The van der Waals surface area contributed by atoms with Crippen molar-refractivity contribution in [2.24, 2.45) is 5.92 Å². The third-order valence-corrected chi connectivity index (χ3v) is 5.14. The Morgan fingerprint density at radius 1 is 0.963 bits per heavy atom. The molecule has 3 rings (SSSR count). The Morgan fingerprint density at radius 2 is 1.63 bits per heavy atom. The molecule has 0 aliphatic carbocycles. The van der Waals surface area contributed by atoms with Crippen LogP contribution in [0.4, 0.5) is 5.69 Å². The summed E-state index contributed by atoms with van der Waals surface area (Å²) in [6, 6.07) is 19.1. The van der Waals surface area contributed by atoms with Crippen molar-refractivity contribution in [2.75, 3.05) is 38.6 Å². The van der Waals surface area contributed by atoms with E-state index in [1.165, 1.54) is 56.6 Å². The highest BCUT2D eigenvalue weighted by Gasteiger charge is 2.18. The maximum absolute atomic E-state index is 5.19. The van der Waals surface area contributed by atoms with Crippen molar-refractivity contribution in [3.8, 4) is 5.75 Å². The smallest absolute Gasteiger partial charge is 0.119 e. The first kappa shape index (κ1) is 23.6. The van der Waals surface area contributed by atoms with Gasteiger partial charge in [0, 0.05) is 12.2 Å². The van der Waals surface area contributed by atoms with Gasteiger partial charge in [-0.3, -0.25) is 0 Å². The third kappa shape index (κ3) is 8.00. The SMILES string of the molecule is COc1ccc(NCCCN2CCC(Cc3ccccc3)CC2)cc1.Cl.Cl. The predicted molar refractivity (Wildman–Crippen MR) is 120 cm³/mol. The molecule has 1 aliphatic rings. The van der Waals surface area contributed by atoms with E-state index in [2.05, 4.69) is 52.7 Å². The van der Waals surface area contributed by atoms with Crippen LogP contribution in [0.3, 0.4) is 0 Å². The molecule has 0 spiro atoms. The van der Waals surface area contributed by atoms with Crippen LogP contribution in [0.15, 0.2) is 54.6 Å². The van der Waals surface area contributed by atoms with E-state index in [-0.39, 0.29) is 24.8 Å². The second-order valence-electron chi connectivity index (χ2n) is 6.98. The van der Waals surface area contributed by atoms with E-state index in [4.69, 9.17) is 4.74 Å². The van der Waals surface area contributed by atoms with Gasteiger partial charge in [0.1, 0.15) is 5.75 Å². The summed E-state index contributed by atoms with van der Waals surface area (Å²) in [5, 5.41) is 3.49. The Labute approximate surface area is 176 Å². The van der Waals surface area contributed by atoms with Crippen molar-refractivity contribution in [1.82, 2.24) is 4.90 Å². The van der Waals surface area contributed by atoms with Gasteiger partial charge < -0.3 is 15.0 Å². The molecule has 2 aromatic carbocycles. The highest BCUT2D eigenvalue weighted by Crippen LogP contribution is 2.21. The number of ether oxygens (including phenoxy) is 1. The van der Waals surface area contributed by atoms with Crippen LogP contribution in [0.25, 0.3) is 0 Å². The Balaban J connectivity index is 0.00000182. The molecule has 1 saturated heterocycles. The molecule has 27 heavy (non-hydrogen) atoms. The van der Waals surface area contributed by atoms with Crippen LogP contribution >= 0.6 is 24.8 Å². The second kappa shape index (κ2) is 12.9. The second-order valence-corrected chi connectivity index (χ2v) is 6.98. The number of hydrogen-bond donors (Lipinski definition) is 1. The van der Waals surface area contributed by atoms with E-state index in [0.717, 1.165) is 18.2 Å². The van der Waals surface area contributed by atoms with E-state index < -0.39 is 0 Å². The van der Waals surface area contributed by atoms with Gasteiger partial charge in [0.05, 0.1) is 7.11 Å². The highest BCUT2D eigenvalue weighted by molar-refractivity contribution is 5.85. The third-order valence-electron chi connectivity index (χ3n) is 5.14. The Morgan fingerprint density at radius 3 is 2.26 bits per heavy atom. The topological polar surface area (TPSA) is 24.5 Å². The molecule has 0 aromatic heterocycles. The van der Waals surface area contributed by atoms with Gasteiger partial charge in [0.2, 0.25) is 0 Å². The van der Waals surface area contributed by atoms with Crippen molar-refractivity contribution in [3.05, 3.63) is 60.2 Å². The Bertz CT molecular complexity index is 614. The number of nitrogens with one attached hydrogen (secondary N) is 1. The highest BCUT2D eigenvalue weighted by atomic mass is 35.5. The molecule has 0 amide bonds. The number of benzene rings is 2. The first-order chi connectivity index (χ1) is 12.3. The molecule has 0 radical (unpaired) electrons. The molecule has 3 nitrogen and oxygen atoms in total. The van der Waals surface area contributed by atoms with Gasteiger partial charge in [0.15, 0.2) is 0 Å². The first-order valence-electron chi connectivity index (χ1n) is 9.47. The number of piperidine rings is 1. The molecule has 5 heteroatoms. The normalized spacial score (nSPS) is 14.7. The lowest BCUT2D eigenvalue weighted by Crippen LogP contribution is -2.35. The lowest BCUT2D eigenvalue weighted by Gasteiger charge is -2.32. The average molecular weight is 411 g/mol. The molecule has 0 atom stereocenters. The van der Waals surface area contributed by atoms with Crippen molar-refractivity contribution >= 4 is 30.5 Å². The van der Waals surface area contributed by atoms with Gasteiger partial charge in [-0.2, -0.15) is 0 Å². The summed E-state index contributed by atoms with van der Waals surface area (Å²) in [7, 11) is 1.70. The summed E-state index contributed by atoms with van der Waals surface area (Å²) >= 11 is 0. The standard InChI is InChI=1S/C22H30N2O.2ClH/c1-25-22-10-8-21(9-11-22)23-14-5-15-24-16-12-20(13-17-24)18-19-6-3-2-4-7-19;;/h2-4,6-11,20,23H,5,12-18H2,1H3;2*1H. The predicted octanol–water partition coefficient (Wildman–Crippen LogP) is 5.30. The van der Waals surface area contributed by atoms with Crippen molar-refractivity contribution in [1.29, 1.82) is 0 Å². The summed E-state index contributed by atoms with van der Waals surface area (Å²) in [4.78, 5) is 2.62. The monoisotopic (exact) mass is 410 g/mol. The number of anilines is 1. The molecular weight excluding hydrogens is 379 g/mol. The molecule has 1 N–H and O–H groups in total. The fraction of sp³-hybridized carbons (Fsp3) is 0.455. The minimum atomic E-state index is 0. The molecule has 1 aliphatic heterocycles.